The van der Waals surface area contributed by atoms with Crippen molar-refractivity contribution in [3.8, 4) is 17.0 Å². The number of nitrogens with zero attached hydrogens (tertiary/aromatic N) is 3. The molecule has 0 aliphatic heterocycles. The van der Waals surface area contributed by atoms with E-state index in [0.717, 1.165) is 17.0 Å². The molecule has 0 spiro atoms. The monoisotopic (exact) mass is 402 g/mol. The Balaban J connectivity index is 2.29. The Morgan fingerprint density at radius 1 is 1.29 bits per heavy atom. The molecule has 0 aliphatic carbocycles. The number of benzene rings is 1. The van der Waals surface area contributed by atoms with Gasteiger partial charge in [0, 0.05) is 24.4 Å². The predicted octanol–water partition coefficient (Wildman–Crippen LogP) is 4.41. The fourth-order valence-corrected chi connectivity index (χ4v) is 3.32. The lowest BCUT2D eigenvalue weighted by atomic mass is 10.1. The number of aliphatic hydroxyl groups excluding tert-OH is 1. The minimum Gasteiger partial charge on any atom is -0.510 e. The molecule has 0 radical (unpaired) electrons. The number of nitrogens with one attached hydrogen (secondary N) is 1. The maximum Gasteiger partial charge on any atom is 0.164 e. The van der Waals surface area contributed by atoms with E-state index in [1.807, 2.05) is 30.4 Å². The number of hydroxylamine groups is 1. The van der Waals surface area contributed by atoms with E-state index in [1.54, 1.807) is 25.6 Å². The number of aryl methyl sites for hydroxylation is 1. The van der Waals surface area contributed by atoms with Crippen LogP contribution in [0.4, 0.5) is 0 Å². The number of rotatable bonds is 7. The van der Waals surface area contributed by atoms with Gasteiger partial charge in [0.15, 0.2) is 5.65 Å². The van der Waals surface area contributed by atoms with Gasteiger partial charge in [-0.25, -0.2) is 4.98 Å². The van der Waals surface area contributed by atoms with Gasteiger partial charge in [-0.15, -0.1) is 0 Å². The van der Waals surface area contributed by atoms with E-state index in [4.69, 9.17) is 26.2 Å². The second-order valence-corrected chi connectivity index (χ2v) is 6.46. The second-order valence-electron chi connectivity index (χ2n) is 6.06. The van der Waals surface area contributed by atoms with Crippen LogP contribution in [0.5, 0.6) is 5.75 Å². The van der Waals surface area contributed by atoms with Crippen molar-refractivity contribution < 1.29 is 14.7 Å². The minimum atomic E-state index is 0.180. The van der Waals surface area contributed by atoms with E-state index >= 15 is 0 Å². The summed E-state index contributed by atoms with van der Waals surface area (Å²) in [6, 6.07) is 5.43. The summed E-state index contributed by atoms with van der Waals surface area (Å²) in [7, 11) is 3.09. The van der Waals surface area contributed by atoms with E-state index in [-0.39, 0.29) is 5.76 Å². The molecule has 2 N–H and O–H groups in total. The van der Waals surface area contributed by atoms with Gasteiger partial charge in [-0.2, -0.15) is 0 Å². The smallest absolute Gasteiger partial charge is 0.164 e. The summed E-state index contributed by atoms with van der Waals surface area (Å²) in [5.41, 5.74) is 6.84. The lowest BCUT2D eigenvalue weighted by molar-refractivity contribution is 0.133. The first-order valence-corrected chi connectivity index (χ1v) is 9.34. The fraction of sp³-hybridized carbons (Fsp3) is 0.300. The highest BCUT2D eigenvalue weighted by Gasteiger charge is 2.22. The molecule has 148 valence electrons. The Kier molecular flexibility index (Phi) is 6.06. The van der Waals surface area contributed by atoms with Crippen molar-refractivity contribution in [2.24, 2.45) is 0 Å². The normalized spacial score (nSPS) is 12.2. The third-order valence-corrected chi connectivity index (χ3v) is 4.76. The lowest BCUT2D eigenvalue weighted by Gasteiger charge is -2.13. The molecule has 0 saturated carbocycles. The average molecular weight is 403 g/mol. The number of hydrogen-bond donors (Lipinski definition) is 2. The summed E-state index contributed by atoms with van der Waals surface area (Å²) in [6.07, 6.45) is 4.60. The zero-order chi connectivity index (χ0) is 20.3. The molecule has 3 aromatic rings. The molecule has 2 heterocycles. The Labute approximate surface area is 168 Å². The number of fused-ring (bicyclic) bond motifs is 1. The van der Waals surface area contributed by atoms with Crippen LogP contribution in [-0.2, 0) is 11.3 Å². The number of hydrogen-bond acceptors (Lipinski definition) is 6. The molecule has 1 aromatic carbocycles. The van der Waals surface area contributed by atoms with E-state index in [9.17, 15) is 5.11 Å². The molecule has 0 aliphatic rings. The van der Waals surface area contributed by atoms with Gasteiger partial charge in [-0.05, 0) is 24.6 Å². The quantitative estimate of drug-likeness (QED) is 0.450. The Morgan fingerprint density at radius 3 is 2.68 bits per heavy atom. The number of imidazole rings is 1. The molecular weight excluding hydrogens is 380 g/mol. The van der Waals surface area contributed by atoms with Crippen LogP contribution < -0.4 is 10.2 Å². The maximum absolute atomic E-state index is 10.4. The molecule has 0 fully saturated rings. The standard InChI is InChI=1S/C20H23ClN4O3/c1-5-15-19(18(24-28-4)16(26)6-2)25-10-9-22-17(20(25)23-15)13-8-7-12(27-3)11-14(13)21/h7-11,24,26H,5-6H2,1-4H3. The Morgan fingerprint density at radius 2 is 2.07 bits per heavy atom. The zero-order valence-electron chi connectivity index (χ0n) is 16.3. The summed E-state index contributed by atoms with van der Waals surface area (Å²) in [5.74, 6) is 0.848. The van der Waals surface area contributed by atoms with Gasteiger partial charge in [0.2, 0.25) is 0 Å². The number of aromatic nitrogens is 3. The van der Waals surface area contributed by atoms with Crippen molar-refractivity contribution in [3.05, 3.63) is 52.8 Å². The summed E-state index contributed by atoms with van der Waals surface area (Å²) >= 11 is 6.47. The van der Waals surface area contributed by atoms with Gasteiger partial charge in [-0.1, -0.05) is 25.4 Å². The van der Waals surface area contributed by atoms with Crippen LogP contribution >= 0.6 is 11.6 Å². The van der Waals surface area contributed by atoms with Gasteiger partial charge in [0.25, 0.3) is 0 Å². The predicted molar refractivity (Wildman–Crippen MR) is 109 cm³/mol. The first kappa shape index (κ1) is 20.0. The molecule has 0 bridgehead atoms. The first-order valence-electron chi connectivity index (χ1n) is 8.96. The minimum absolute atomic E-state index is 0.180. The summed E-state index contributed by atoms with van der Waals surface area (Å²) in [5, 5.41) is 11.0. The molecule has 28 heavy (non-hydrogen) atoms. The molecule has 0 unspecified atom stereocenters. The second kappa shape index (κ2) is 8.50. The number of allylic oxidation sites excluding steroid dienone is 1. The van der Waals surface area contributed by atoms with E-state index < -0.39 is 0 Å². The summed E-state index contributed by atoms with van der Waals surface area (Å²) in [4.78, 5) is 14.4. The van der Waals surface area contributed by atoms with E-state index in [0.29, 0.717) is 40.7 Å². The van der Waals surface area contributed by atoms with Gasteiger partial charge in [0.1, 0.15) is 22.9 Å². The van der Waals surface area contributed by atoms with Crippen molar-refractivity contribution in [1.82, 2.24) is 19.8 Å². The Bertz CT molecular complexity index is 1030. The molecule has 7 nitrogen and oxygen atoms in total. The molecule has 2 aromatic heterocycles. The topological polar surface area (TPSA) is 80.9 Å². The van der Waals surface area contributed by atoms with Crippen LogP contribution in [-0.4, -0.2) is 33.7 Å². The highest BCUT2D eigenvalue weighted by molar-refractivity contribution is 6.33. The van der Waals surface area contributed by atoms with Crippen LogP contribution in [0.1, 0.15) is 31.7 Å². The lowest BCUT2D eigenvalue weighted by Crippen LogP contribution is -2.15. The van der Waals surface area contributed by atoms with Crippen molar-refractivity contribution in [3.63, 3.8) is 0 Å². The van der Waals surface area contributed by atoms with Crippen molar-refractivity contribution in [2.75, 3.05) is 14.2 Å². The Hall–Kier alpha value is -2.77. The first-order chi connectivity index (χ1) is 13.5. The molecule has 0 atom stereocenters. The highest BCUT2D eigenvalue weighted by Crippen LogP contribution is 2.34. The number of halogens is 1. The molecular formula is C20H23ClN4O3. The van der Waals surface area contributed by atoms with Crippen molar-refractivity contribution in [2.45, 2.75) is 26.7 Å². The van der Waals surface area contributed by atoms with Gasteiger partial charge in [-0.3, -0.25) is 19.7 Å². The van der Waals surface area contributed by atoms with Crippen LogP contribution in [0.25, 0.3) is 22.6 Å². The zero-order valence-corrected chi connectivity index (χ0v) is 17.0. The molecule has 0 saturated heterocycles. The largest absolute Gasteiger partial charge is 0.510 e. The van der Waals surface area contributed by atoms with Crippen LogP contribution in [0, 0.1) is 0 Å². The number of methoxy groups -OCH3 is 1. The number of aliphatic hydroxyl groups is 1. The highest BCUT2D eigenvalue weighted by atomic mass is 35.5. The maximum atomic E-state index is 10.4. The fourth-order valence-electron chi connectivity index (χ4n) is 3.06. The van der Waals surface area contributed by atoms with Crippen LogP contribution in [0.15, 0.2) is 36.4 Å². The molecule has 8 heteroatoms. The van der Waals surface area contributed by atoms with Crippen LogP contribution in [0.3, 0.4) is 0 Å². The average Bonchev–Trinajstić information content (AvgIpc) is 3.10. The van der Waals surface area contributed by atoms with Crippen LogP contribution in [0.2, 0.25) is 5.02 Å². The summed E-state index contributed by atoms with van der Waals surface area (Å²) in [6.45, 7) is 3.87. The van der Waals surface area contributed by atoms with Crippen molar-refractivity contribution in [1.29, 1.82) is 0 Å². The summed E-state index contributed by atoms with van der Waals surface area (Å²) < 4.78 is 7.11. The number of ether oxygens (including phenoxy) is 1. The van der Waals surface area contributed by atoms with Crippen molar-refractivity contribution >= 4 is 22.9 Å². The third kappa shape index (κ3) is 3.50. The molecule has 0 amide bonds. The van der Waals surface area contributed by atoms with Gasteiger partial charge >= 0.3 is 0 Å². The van der Waals surface area contributed by atoms with Gasteiger partial charge < -0.3 is 9.84 Å². The van der Waals surface area contributed by atoms with E-state index in [2.05, 4.69) is 10.5 Å². The van der Waals surface area contributed by atoms with E-state index in [1.165, 1.54) is 7.11 Å². The SMILES string of the molecule is CCC(O)=C(NOC)c1c(CC)nc2c(-c3ccc(OC)cc3Cl)nccn12. The third-order valence-electron chi connectivity index (χ3n) is 4.45. The molecule has 3 rings (SSSR count). The van der Waals surface area contributed by atoms with Gasteiger partial charge in [0.05, 0.1) is 30.6 Å².